The van der Waals surface area contributed by atoms with Gasteiger partial charge in [0.1, 0.15) is 5.03 Å². The van der Waals surface area contributed by atoms with E-state index in [1.807, 2.05) is 24.3 Å². The molecule has 0 aliphatic heterocycles. The summed E-state index contributed by atoms with van der Waals surface area (Å²) >= 11 is 1.22. The molecule has 4 nitrogen and oxygen atoms in total. The summed E-state index contributed by atoms with van der Waals surface area (Å²) in [7, 11) is 1.44. The van der Waals surface area contributed by atoms with Gasteiger partial charge in [-0.05, 0) is 16.5 Å². The van der Waals surface area contributed by atoms with E-state index in [-0.39, 0.29) is 11.0 Å². The van der Waals surface area contributed by atoms with E-state index in [0.717, 1.165) is 16.5 Å². The number of benzene rings is 1. The van der Waals surface area contributed by atoms with Crippen LogP contribution in [0.2, 0.25) is 0 Å². The second-order valence-corrected chi connectivity index (χ2v) is 7.63. The van der Waals surface area contributed by atoms with Crippen LogP contribution in [0.5, 0.6) is 0 Å². The maximum atomic E-state index is 13.1. The number of halogens is 3. The van der Waals surface area contributed by atoms with Crippen molar-refractivity contribution in [3.05, 3.63) is 46.6 Å². The van der Waals surface area contributed by atoms with E-state index in [0.29, 0.717) is 10.8 Å². The minimum absolute atomic E-state index is 0.0417. The van der Waals surface area contributed by atoms with Crippen LogP contribution in [0.3, 0.4) is 0 Å². The Morgan fingerprint density at radius 2 is 1.80 bits per heavy atom. The lowest BCUT2D eigenvalue weighted by molar-refractivity contribution is -0.141. The van der Waals surface area contributed by atoms with Crippen LogP contribution < -0.4 is 0 Å². The molecule has 2 aromatic rings. The number of aryl methyl sites for hydroxylation is 1. The molecule has 0 saturated heterocycles. The van der Waals surface area contributed by atoms with Gasteiger partial charge >= 0.3 is 6.18 Å². The molecule has 0 spiro atoms. The SMILES string of the molecule is Cn1nc(C(F)(F)F)c(C=NO)c1SCc1ccc(C(C)(C)C)cc1. The summed E-state index contributed by atoms with van der Waals surface area (Å²) in [5.74, 6) is 0.480. The monoisotopic (exact) mass is 371 g/mol. The van der Waals surface area contributed by atoms with Crippen molar-refractivity contribution in [3.63, 3.8) is 0 Å². The maximum Gasteiger partial charge on any atom is 0.435 e. The lowest BCUT2D eigenvalue weighted by Gasteiger charge is -2.19. The molecule has 1 N–H and O–H groups in total. The van der Waals surface area contributed by atoms with Gasteiger partial charge in [0.05, 0.1) is 11.8 Å². The molecule has 1 heterocycles. The Kier molecular flexibility index (Phi) is 5.51. The standard InChI is InChI=1S/C17H20F3N3OS/c1-16(2,3)12-7-5-11(6-8-12)10-25-15-13(9-21-24)14(17(18,19)20)22-23(15)4/h5-9,24H,10H2,1-4H3. The zero-order valence-electron chi connectivity index (χ0n) is 14.4. The fraction of sp³-hybridized carbons (Fsp3) is 0.412. The topological polar surface area (TPSA) is 50.4 Å². The Balaban J connectivity index is 2.25. The minimum Gasteiger partial charge on any atom is -0.411 e. The van der Waals surface area contributed by atoms with E-state index in [1.54, 1.807) is 0 Å². The zero-order valence-corrected chi connectivity index (χ0v) is 15.2. The summed E-state index contributed by atoms with van der Waals surface area (Å²) in [6.45, 7) is 6.35. The van der Waals surface area contributed by atoms with Gasteiger partial charge in [-0.1, -0.05) is 50.2 Å². The van der Waals surface area contributed by atoms with Gasteiger partial charge in [-0.3, -0.25) is 4.68 Å². The van der Waals surface area contributed by atoms with Crippen molar-refractivity contribution in [2.75, 3.05) is 0 Å². The van der Waals surface area contributed by atoms with Gasteiger partial charge < -0.3 is 5.21 Å². The van der Waals surface area contributed by atoms with Gasteiger partial charge in [0.2, 0.25) is 0 Å². The van der Waals surface area contributed by atoms with E-state index in [1.165, 1.54) is 24.4 Å². The number of rotatable bonds is 4. The van der Waals surface area contributed by atoms with Crippen LogP contribution in [0.1, 0.15) is 43.2 Å². The first-order valence-corrected chi connectivity index (χ1v) is 8.56. The molecule has 2 rings (SSSR count). The molecule has 0 saturated carbocycles. The summed E-state index contributed by atoms with van der Waals surface area (Å²) in [5, 5.41) is 15.3. The molecule has 1 aromatic heterocycles. The van der Waals surface area contributed by atoms with Crippen molar-refractivity contribution < 1.29 is 18.4 Å². The van der Waals surface area contributed by atoms with Crippen molar-refractivity contribution in [1.29, 1.82) is 0 Å². The van der Waals surface area contributed by atoms with Gasteiger partial charge in [0.25, 0.3) is 0 Å². The average Bonchev–Trinajstić information content (AvgIpc) is 2.81. The van der Waals surface area contributed by atoms with Crippen molar-refractivity contribution in [1.82, 2.24) is 9.78 Å². The van der Waals surface area contributed by atoms with Crippen molar-refractivity contribution in [3.8, 4) is 0 Å². The fourth-order valence-corrected chi connectivity index (χ4v) is 3.36. The molecule has 0 bridgehead atoms. The Bertz CT molecular complexity index is 759. The third-order valence-electron chi connectivity index (χ3n) is 3.68. The summed E-state index contributed by atoms with van der Waals surface area (Å²) in [6.07, 6.45) is -3.83. The summed E-state index contributed by atoms with van der Waals surface area (Å²) in [4.78, 5) is 0. The molecular weight excluding hydrogens is 351 g/mol. The van der Waals surface area contributed by atoms with Crippen LogP contribution in [0, 0.1) is 0 Å². The Labute approximate surface area is 148 Å². The first-order chi connectivity index (χ1) is 11.5. The molecule has 0 unspecified atom stereocenters. The van der Waals surface area contributed by atoms with E-state index >= 15 is 0 Å². The first kappa shape index (κ1) is 19.4. The predicted molar refractivity (Wildman–Crippen MR) is 92.3 cm³/mol. The number of nitrogens with zero attached hydrogens (tertiary/aromatic N) is 3. The second kappa shape index (κ2) is 7.11. The number of thioether (sulfide) groups is 1. The molecule has 136 valence electrons. The molecule has 0 aliphatic rings. The molecule has 1 aromatic carbocycles. The Hall–Kier alpha value is -1.96. The first-order valence-electron chi connectivity index (χ1n) is 7.58. The molecule has 25 heavy (non-hydrogen) atoms. The van der Waals surface area contributed by atoms with Gasteiger partial charge in [-0.15, -0.1) is 11.8 Å². The van der Waals surface area contributed by atoms with Crippen LogP contribution >= 0.6 is 11.8 Å². The maximum absolute atomic E-state index is 13.1. The van der Waals surface area contributed by atoms with Crippen LogP contribution in [-0.4, -0.2) is 21.2 Å². The minimum atomic E-state index is -4.61. The number of alkyl halides is 3. The second-order valence-electron chi connectivity index (χ2n) is 6.67. The number of aromatic nitrogens is 2. The van der Waals surface area contributed by atoms with Crippen LogP contribution in [-0.2, 0) is 24.4 Å². The zero-order chi connectivity index (χ0) is 18.8. The number of oxime groups is 1. The number of hydrogen-bond donors (Lipinski definition) is 1. The van der Waals surface area contributed by atoms with E-state index in [4.69, 9.17) is 5.21 Å². The smallest absolute Gasteiger partial charge is 0.411 e. The molecule has 8 heteroatoms. The quantitative estimate of drug-likeness (QED) is 0.362. The van der Waals surface area contributed by atoms with E-state index in [2.05, 4.69) is 31.0 Å². The molecular formula is C17H20F3N3OS. The molecule has 0 fully saturated rings. The molecule has 0 amide bonds. The average molecular weight is 371 g/mol. The van der Waals surface area contributed by atoms with Crippen molar-refractivity contribution in [2.45, 2.75) is 43.1 Å². The van der Waals surface area contributed by atoms with Gasteiger partial charge in [-0.2, -0.15) is 18.3 Å². The van der Waals surface area contributed by atoms with Gasteiger partial charge in [-0.25, -0.2) is 0 Å². The molecule has 0 atom stereocenters. The third kappa shape index (κ3) is 4.56. The summed E-state index contributed by atoms with van der Waals surface area (Å²) < 4.78 is 40.3. The summed E-state index contributed by atoms with van der Waals surface area (Å²) in [6, 6.07) is 7.98. The normalized spacial score (nSPS) is 12.9. The third-order valence-corrected chi connectivity index (χ3v) is 4.92. The van der Waals surface area contributed by atoms with E-state index in [9.17, 15) is 13.2 Å². The van der Waals surface area contributed by atoms with Gasteiger partial charge in [0.15, 0.2) is 5.69 Å². The summed E-state index contributed by atoms with van der Waals surface area (Å²) in [5.41, 5.74) is 0.932. The van der Waals surface area contributed by atoms with Crippen molar-refractivity contribution in [2.24, 2.45) is 12.2 Å². The lowest BCUT2D eigenvalue weighted by Crippen LogP contribution is -2.10. The highest BCUT2D eigenvalue weighted by atomic mass is 32.2. The van der Waals surface area contributed by atoms with Crippen LogP contribution in [0.25, 0.3) is 0 Å². The lowest BCUT2D eigenvalue weighted by atomic mass is 9.87. The number of hydrogen-bond acceptors (Lipinski definition) is 4. The molecule has 0 aliphatic carbocycles. The Morgan fingerprint density at radius 3 is 2.28 bits per heavy atom. The highest BCUT2D eigenvalue weighted by Gasteiger charge is 2.38. The highest BCUT2D eigenvalue weighted by Crippen LogP contribution is 2.36. The Morgan fingerprint density at radius 1 is 1.20 bits per heavy atom. The largest absolute Gasteiger partial charge is 0.435 e. The molecule has 0 radical (unpaired) electrons. The van der Waals surface area contributed by atoms with Gasteiger partial charge in [0, 0.05) is 12.8 Å². The van der Waals surface area contributed by atoms with E-state index < -0.39 is 11.9 Å². The fourth-order valence-electron chi connectivity index (χ4n) is 2.33. The van der Waals surface area contributed by atoms with Crippen LogP contribution in [0.4, 0.5) is 13.2 Å². The van der Waals surface area contributed by atoms with Crippen molar-refractivity contribution >= 4 is 18.0 Å². The van der Waals surface area contributed by atoms with Crippen LogP contribution in [0.15, 0.2) is 34.4 Å². The predicted octanol–water partition coefficient (Wildman–Crippen LogP) is 4.84. The highest BCUT2D eigenvalue weighted by molar-refractivity contribution is 7.98.